The zero-order valence-electron chi connectivity index (χ0n) is 10.0. The second-order valence-corrected chi connectivity index (χ2v) is 6.02. The van der Waals surface area contributed by atoms with Gasteiger partial charge < -0.3 is 5.32 Å². The molecule has 1 saturated heterocycles. The molecule has 2 heteroatoms. The van der Waals surface area contributed by atoms with Crippen molar-refractivity contribution in [2.75, 3.05) is 13.1 Å². The highest BCUT2D eigenvalue weighted by Gasteiger charge is 2.38. The van der Waals surface area contributed by atoms with Crippen LogP contribution in [0.15, 0.2) is 0 Å². The molecule has 1 aliphatic heterocycles. The van der Waals surface area contributed by atoms with Crippen molar-refractivity contribution in [3.05, 3.63) is 0 Å². The van der Waals surface area contributed by atoms with Crippen LogP contribution in [-0.4, -0.2) is 35.6 Å². The van der Waals surface area contributed by atoms with Crippen molar-refractivity contribution >= 4 is 0 Å². The fourth-order valence-corrected chi connectivity index (χ4v) is 2.64. The summed E-state index contributed by atoms with van der Waals surface area (Å²) in [5, 5.41) is 3.69. The quantitative estimate of drug-likeness (QED) is 0.688. The van der Waals surface area contributed by atoms with Crippen LogP contribution in [0, 0.1) is 5.92 Å². The van der Waals surface area contributed by atoms with Gasteiger partial charge in [-0.25, -0.2) is 0 Å². The van der Waals surface area contributed by atoms with Crippen LogP contribution in [0.1, 0.15) is 40.5 Å². The van der Waals surface area contributed by atoms with Crippen molar-refractivity contribution in [1.29, 1.82) is 0 Å². The van der Waals surface area contributed by atoms with Crippen molar-refractivity contribution in [1.82, 2.24) is 10.2 Å². The zero-order valence-corrected chi connectivity index (χ0v) is 10.0. The van der Waals surface area contributed by atoms with Crippen molar-refractivity contribution in [2.24, 2.45) is 5.92 Å². The van der Waals surface area contributed by atoms with Crippen LogP contribution in [-0.2, 0) is 0 Å². The fraction of sp³-hybridized carbons (Fsp3) is 1.00. The Kier molecular flexibility index (Phi) is 2.61. The Hall–Kier alpha value is -0.0800. The Bertz CT molecular complexity index is 203. The number of piperazine rings is 1. The zero-order chi connectivity index (χ0) is 10.3. The molecule has 0 bridgehead atoms. The van der Waals surface area contributed by atoms with Gasteiger partial charge in [0.25, 0.3) is 0 Å². The largest absolute Gasteiger partial charge is 0.311 e. The molecule has 2 rings (SSSR count). The summed E-state index contributed by atoms with van der Waals surface area (Å²) in [5.74, 6) is 0.979. The SMILES string of the molecule is CC1CNC(C2CC2)CN1C(C)(C)C. The van der Waals surface area contributed by atoms with Crippen LogP contribution in [0.5, 0.6) is 0 Å². The summed E-state index contributed by atoms with van der Waals surface area (Å²) in [4.78, 5) is 2.66. The summed E-state index contributed by atoms with van der Waals surface area (Å²) >= 11 is 0. The highest BCUT2D eigenvalue weighted by molar-refractivity contribution is 4.96. The Labute approximate surface area is 88.1 Å². The lowest BCUT2D eigenvalue weighted by Crippen LogP contribution is -2.61. The van der Waals surface area contributed by atoms with Crippen molar-refractivity contribution in [3.8, 4) is 0 Å². The van der Waals surface area contributed by atoms with E-state index in [0.29, 0.717) is 11.6 Å². The van der Waals surface area contributed by atoms with Gasteiger partial charge in [-0.2, -0.15) is 0 Å². The van der Waals surface area contributed by atoms with Gasteiger partial charge in [0.05, 0.1) is 0 Å². The summed E-state index contributed by atoms with van der Waals surface area (Å²) in [6.07, 6.45) is 2.90. The van der Waals surface area contributed by atoms with E-state index in [1.165, 1.54) is 25.9 Å². The summed E-state index contributed by atoms with van der Waals surface area (Å²) in [6, 6.07) is 1.45. The number of hydrogen-bond acceptors (Lipinski definition) is 2. The lowest BCUT2D eigenvalue weighted by Gasteiger charge is -2.46. The molecule has 0 amide bonds. The topological polar surface area (TPSA) is 15.3 Å². The molecule has 1 aliphatic carbocycles. The van der Waals surface area contributed by atoms with E-state index in [9.17, 15) is 0 Å². The third-order valence-corrected chi connectivity index (χ3v) is 3.65. The lowest BCUT2D eigenvalue weighted by atomic mass is 9.97. The maximum absolute atomic E-state index is 3.69. The van der Waals surface area contributed by atoms with E-state index in [1.54, 1.807) is 0 Å². The Morgan fingerprint density at radius 3 is 2.36 bits per heavy atom. The van der Waals surface area contributed by atoms with Crippen LogP contribution in [0.25, 0.3) is 0 Å². The van der Waals surface area contributed by atoms with Gasteiger partial charge in [-0.15, -0.1) is 0 Å². The summed E-state index contributed by atoms with van der Waals surface area (Å²) in [7, 11) is 0. The summed E-state index contributed by atoms with van der Waals surface area (Å²) < 4.78 is 0. The van der Waals surface area contributed by atoms with Crippen LogP contribution >= 0.6 is 0 Å². The number of nitrogens with one attached hydrogen (secondary N) is 1. The van der Waals surface area contributed by atoms with Crippen molar-refractivity contribution in [3.63, 3.8) is 0 Å². The van der Waals surface area contributed by atoms with E-state index < -0.39 is 0 Å². The monoisotopic (exact) mass is 196 g/mol. The Balaban J connectivity index is 1.99. The molecular weight excluding hydrogens is 172 g/mol. The van der Waals surface area contributed by atoms with E-state index in [-0.39, 0.29) is 0 Å². The summed E-state index contributed by atoms with van der Waals surface area (Å²) in [5.41, 5.74) is 0.328. The van der Waals surface area contributed by atoms with Gasteiger partial charge in [-0.05, 0) is 46.5 Å². The van der Waals surface area contributed by atoms with E-state index in [0.717, 1.165) is 12.0 Å². The van der Waals surface area contributed by atoms with Gasteiger partial charge in [0.2, 0.25) is 0 Å². The molecule has 82 valence electrons. The maximum Gasteiger partial charge on any atom is 0.0224 e. The molecular formula is C12H24N2. The highest BCUT2D eigenvalue weighted by Crippen LogP contribution is 2.35. The first-order chi connectivity index (χ1) is 6.48. The molecule has 0 spiro atoms. The maximum atomic E-state index is 3.69. The van der Waals surface area contributed by atoms with Gasteiger partial charge in [0, 0.05) is 30.7 Å². The molecule has 14 heavy (non-hydrogen) atoms. The van der Waals surface area contributed by atoms with E-state index >= 15 is 0 Å². The molecule has 0 aromatic heterocycles. The van der Waals surface area contributed by atoms with Crippen molar-refractivity contribution in [2.45, 2.75) is 58.2 Å². The number of rotatable bonds is 1. The molecule has 1 N–H and O–H groups in total. The minimum atomic E-state index is 0.328. The number of nitrogens with zero attached hydrogens (tertiary/aromatic N) is 1. The highest BCUT2D eigenvalue weighted by atomic mass is 15.3. The van der Waals surface area contributed by atoms with E-state index in [1.807, 2.05) is 0 Å². The lowest BCUT2D eigenvalue weighted by molar-refractivity contribution is 0.0453. The number of hydrogen-bond donors (Lipinski definition) is 1. The second-order valence-electron chi connectivity index (χ2n) is 6.02. The van der Waals surface area contributed by atoms with Crippen LogP contribution < -0.4 is 5.32 Å². The predicted octanol–water partition coefficient (Wildman–Crippen LogP) is 1.86. The minimum Gasteiger partial charge on any atom is -0.311 e. The standard InChI is InChI=1S/C12H24N2/c1-9-7-13-11(10-5-6-10)8-14(9)12(2,3)4/h9-11,13H,5-8H2,1-4H3. The molecule has 2 nitrogen and oxygen atoms in total. The molecule has 2 aliphatic rings. The molecule has 1 saturated carbocycles. The van der Waals surface area contributed by atoms with Crippen molar-refractivity contribution < 1.29 is 0 Å². The van der Waals surface area contributed by atoms with Crippen LogP contribution in [0.3, 0.4) is 0 Å². The molecule has 0 aromatic carbocycles. The second kappa shape index (κ2) is 3.49. The fourth-order valence-electron chi connectivity index (χ4n) is 2.64. The smallest absolute Gasteiger partial charge is 0.0224 e. The molecule has 2 fully saturated rings. The molecule has 0 radical (unpaired) electrons. The van der Waals surface area contributed by atoms with Gasteiger partial charge >= 0.3 is 0 Å². The first-order valence-corrected chi connectivity index (χ1v) is 5.98. The van der Waals surface area contributed by atoms with Crippen LogP contribution in [0.4, 0.5) is 0 Å². The van der Waals surface area contributed by atoms with Crippen LogP contribution in [0.2, 0.25) is 0 Å². The average molecular weight is 196 g/mol. The molecule has 2 unspecified atom stereocenters. The third-order valence-electron chi connectivity index (χ3n) is 3.65. The normalized spacial score (nSPS) is 36.0. The first-order valence-electron chi connectivity index (χ1n) is 5.98. The Morgan fingerprint density at radius 2 is 1.86 bits per heavy atom. The molecule has 0 aromatic rings. The first kappa shape index (κ1) is 10.4. The third kappa shape index (κ3) is 2.12. The van der Waals surface area contributed by atoms with Gasteiger partial charge in [0.15, 0.2) is 0 Å². The van der Waals surface area contributed by atoms with Gasteiger partial charge in [-0.1, -0.05) is 0 Å². The minimum absolute atomic E-state index is 0.328. The Morgan fingerprint density at radius 1 is 1.21 bits per heavy atom. The molecule has 2 atom stereocenters. The van der Waals surface area contributed by atoms with Gasteiger partial charge in [-0.3, -0.25) is 4.90 Å². The average Bonchev–Trinajstić information content (AvgIpc) is 2.85. The molecule has 1 heterocycles. The predicted molar refractivity (Wildman–Crippen MR) is 60.4 cm³/mol. The van der Waals surface area contributed by atoms with E-state index in [2.05, 4.69) is 37.9 Å². The van der Waals surface area contributed by atoms with E-state index in [4.69, 9.17) is 0 Å². The van der Waals surface area contributed by atoms with Gasteiger partial charge in [0.1, 0.15) is 0 Å². The summed E-state index contributed by atoms with van der Waals surface area (Å²) in [6.45, 7) is 11.7.